The fourth-order valence-corrected chi connectivity index (χ4v) is 4.87. The molecule has 0 aliphatic heterocycles. The van der Waals surface area contributed by atoms with E-state index in [1.54, 1.807) is 18.3 Å². The van der Waals surface area contributed by atoms with Crippen LogP contribution in [0.2, 0.25) is 0 Å². The zero-order valence-electron chi connectivity index (χ0n) is 17.1. The molecular weight excluding hydrogens is 396 g/mol. The van der Waals surface area contributed by atoms with Crippen molar-refractivity contribution in [3.05, 3.63) is 59.1 Å². The first-order valence-electron chi connectivity index (χ1n) is 10.5. The highest BCUT2D eigenvalue weighted by Crippen LogP contribution is 2.28. The third kappa shape index (κ3) is 5.25. The largest absolute Gasteiger partial charge is 0.453 e. The fourth-order valence-electron chi connectivity index (χ4n) is 3.87. The zero-order chi connectivity index (χ0) is 20.9. The molecule has 0 saturated heterocycles. The Morgan fingerprint density at radius 3 is 2.60 bits per heavy atom. The summed E-state index contributed by atoms with van der Waals surface area (Å²) in [5.41, 5.74) is 2.84. The number of para-hydroxylation sites is 1. The SMILES string of the molecule is C[C@@H](OC(=O)CC1CCCC1)C(=O)Nc1ccc(Cc2nc3ccccc3s2)cc1. The van der Waals surface area contributed by atoms with Gasteiger partial charge in [-0.2, -0.15) is 0 Å². The van der Waals surface area contributed by atoms with E-state index in [0.717, 1.165) is 35.4 Å². The summed E-state index contributed by atoms with van der Waals surface area (Å²) in [6, 6.07) is 15.8. The van der Waals surface area contributed by atoms with Crippen LogP contribution in [0.3, 0.4) is 0 Å². The average Bonchev–Trinajstić information content (AvgIpc) is 3.38. The van der Waals surface area contributed by atoms with Gasteiger partial charge in [-0.25, -0.2) is 4.98 Å². The number of hydrogen-bond acceptors (Lipinski definition) is 5. The molecule has 1 fully saturated rings. The van der Waals surface area contributed by atoms with Crippen LogP contribution in [-0.4, -0.2) is 23.0 Å². The van der Waals surface area contributed by atoms with Gasteiger partial charge in [0.1, 0.15) is 0 Å². The van der Waals surface area contributed by atoms with E-state index < -0.39 is 6.10 Å². The first-order valence-corrected chi connectivity index (χ1v) is 11.3. The summed E-state index contributed by atoms with van der Waals surface area (Å²) >= 11 is 1.70. The molecule has 1 atom stereocenters. The topological polar surface area (TPSA) is 68.3 Å². The first-order chi connectivity index (χ1) is 14.6. The minimum absolute atomic E-state index is 0.282. The molecule has 1 aliphatic rings. The Kier molecular flexibility index (Phi) is 6.43. The molecule has 1 aliphatic carbocycles. The number of nitrogens with one attached hydrogen (secondary N) is 1. The van der Waals surface area contributed by atoms with Crippen molar-refractivity contribution >= 4 is 39.1 Å². The minimum Gasteiger partial charge on any atom is -0.453 e. The summed E-state index contributed by atoms with van der Waals surface area (Å²) in [5, 5.41) is 3.89. The van der Waals surface area contributed by atoms with Crippen LogP contribution in [0.5, 0.6) is 0 Å². The van der Waals surface area contributed by atoms with Gasteiger partial charge < -0.3 is 10.1 Å². The highest BCUT2D eigenvalue weighted by Gasteiger charge is 2.23. The van der Waals surface area contributed by atoms with Crippen molar-refractivity contribution in [1.82, 2.24) is 4.98 Å². The number of esters is 1. The second kappa shape index (κ2) is 9.39. The van der Waals surface area contributed by atoms with E-state index in [4.69, 9.17) is 4.74 Å². The van der Waals surface area contributed by atoms with Crippen LogP contribution in [-0.2, 0) is 20.7 Å². The lowest BCUT2D eigenvalue weighted by atomic mass is 10.0. The highest BCUT2D eigenvalue weighted by atomic mass is 32.1. The van der Waals surface area contributed by atoms with Crippen LogP contribution in [0.1, 0.15) is 49.6 Å². The van der Waals surface area contributed by atoms with Crippen molar-refractivity contribution in [2.75, 3.05) is 5.32 Å². The predicted molar refractivity (Wildman–Crippen MR) is 120 cm³/mol. The van der Waals surface area contributed by atoms with Crippen molar-refractivity contribution in [2.45, 2.75) is 51.6 Å². The van der Waals surface area contributed by atoms with E-state index >= 15 is 0 Å². The van der Waals surface area contributed by atoms with E-state index in [1.807, 2.05) is 42.5 Å². The standard InChI is InChI=1S/C24H26N2O3S/c1-16(29-23(27)15-17-6-2-3-7-17)24(28)25-19-12-10-18(11-13-19)14-22-26-20-8-4-5-9-21(20)30-22/h4-5,8-13,16-17H,2-3,6-7,14-15H2,1H3,(H,25,28)/t16-/m1/s1. The lowest BCUT2D eigenvalue weighted by Gasteiger charge is -2.15. The molecule has 0 spiro atoms. The highest BCUT2D eigenvalue weighted by molar-refractivity contribution is 7.18. The summed E-state index contributed by atoms with van der Waals surface area (Å²) in [5.74, 6) is -0.180. The third-order valence-electron chi connectivity index (χ3n) is 5.52. The molecule has 6 heteroatoms. The van der Waals surface area contributed by atoms with Gasteiger partial charge in [-0.15, -0.1) is 11.3 Å². The average molecular weight is 423 g/mol. The van der Waals surface area contributed by atoms with Gasteiger partial charge in [0.2, 0.25) is 0 Å². The van der Waals surface area contributed by atoms with Gasteiger partial charge in [0, 0.05) is 18.5 Å². The molecule has 2 aromatic carbocycles. The predicted octanol–water partition coefficient (Wildman–Crippen LogP) is 5.34. The zero-order valence-corrected chi connectivity index (χ0v) is 17.9. The van der Waals surface area contributed by atoms with Crippen molar-refractivity contribution in [3.63, 3.8) is 0 Å². The van der Waals surface area contributed by atoms with Crippen molar-refractivity contribution in [3.8, 4) is 0 Å². The summed E-state index contributed by atoms with van der Waals surface area (Å²) in [4.78, 5) is 29.1. The Balaban J connectivity index is 1.28. The molecule has 1 heterocycles. The van der Waals surface area contributed by atoms with Gasteiger partial charge in [-0.3, -0.25) is 9.59 Å². The number of fused-ring (bicyclic) bond motifs is 1. The summed E-state index contributed by atoms with van der Waals surface area (Å²) in [6.45, 7) is 1.61. The smallest absolute Gasteiger partial charge is 0.306 e. The number of amides is 1. The normalized spacial score (nSPS) is 15.2. The van der Waals surface area contributed by atoms with Crippen LogP contribution < -0.4 is 5.32 Å². The van der Waals surface area contributed by atoms with Crippen LogP contribution in [0, 0.1) is 5.92 Å². The number of rotatable bonds is 7. The minimum atomic E-state index is -0.804. The lowest BCUT2D eigenvalue weighted by Crippen LogP contribution is -2.30. The monoisotopic (exact) mass is 422 g/mol. The van der Waals surface area contributed by atoms with Crippen LogP contribution >= 0.6 is 11.3 Å². The molecule has 0 unspecified atom stereocenters. The molecule has 1 aromatic heterocycles. The van der Waals surface area contributed by atoms with Gasteiger partial charge in [-0.05, 0) is 55.5 Å². The van der Waals surface area contributed by atoms with Crippen LogP contribution in [0.25, 0.3) is 10.2 Å². The summed E-state index contributed by atoms with van der Waals surface area (Å²) < 4.78 is 6.51. The Morgan fingerprint density at radius 2 is 1.87 bits per heavy atom. The molecule has 0 radical (unpaired) electrons. The van der Waals surface area contributed by atoms with E-state index in [1.165, 1.54) is 17.5 Å². The number of carbonyl (C=O) groups is 2. The molecule has 5 nitrogen and oxygen atoms in total. The maximum Gasteiger partial charge on any atom is 0.306 e. The van der Waals surface area contributed by atoms with Crippen LogP contribution in [0.4, 0.5) is 5.69 Å². The van der Waals surface area contributed by atoms with Crippen molar-refractivity contribution < 1.29 is 14.3 Å². The van der Waals surface area contributed by atoms with Crippen molar-refractivity contribution in [2.24, 2.45) is 5.92 Å². The number of hydrogen-bond donors (Lipinski definition) is 1. The Morgan fingerprint density at radius 1 is 1.13 bits per heavy atom. The first kappa shape index (κ1) is 20.5. The molecule has 1 amide bonds. The van der Waals surface area contributed by atoms with Gasteiger partial charge in [0.25, 0.3) is 5.91 Å². The molecular formula is C24H26N2O3S. The van der Waals surface area contributed by atoms with E-state index in [-0.39, 0.29) is 11.9 Å². The lowest BCUT2D eigenvalue weighted by molar-refractivity contribution is -0.154. The number of anilines is 1. The van der Waals surface area contributed by atoms with Gasteiger partial charge in [0.05, 0.1) is 15.2 Å². The molecule has 3 aromatic rings. The van der Waals surface area contributed by atoms with Gasteiger partial charge in [-0.1, -0.05) is 37.1 Å². The molecule has 4 rings (SSSR count). The second-order valence-corrected chi connectivity index (χ2v) is 9.04. The number of aromatic nitrogens is 1. The maximum atomic E-state index is 12.4. The number of carbonyl (C=O) groups excluding carboxylic acids is 2. The molecule has 30 heavy (non-hydrogen) atoms. The number of ether oxygens (including phenoxy) is 1. The van der Waals surface area contributed by atoms with E-state index in [9.17, 15) is 9.59 Å². The molecule has 0 bridgehead atoms. The second-order valence-electron chi connectivity index (χ2n) is 7.92. The third-order valence-corrected chi connectivity index (χ3v) is 6.56. The Labute approximate surface area is 180 Å². The summed E-state index contributed by atoms with van der Waals surface area (Å²) in [6.07, 6.45) is 4.89. The summed E-state index contributed by atoms with van der Waals surface area (Å²) in [7, 11) is 0. The van der Waals surface area contributed by atoms with Crippen LogP contribution in [0.15, 0.2) is 48.5 Å². The van der Waals surface area contributed by atoms with E-state index in [2.05, 4.69) is 16.4 Å². The molecule has 156 valence electrons. The quantitative estimate of drug-likeness (QED) is 0.522. The number of thiazole rings is 1. The van der Waals surface area contributed by atoms with Gasteiger partial charge >= 0.3 is 5.97 Å². The van der Waals surface area contributed by atoms with E-state index in [0.29, 0.717) is 18.0 Å². The molecule has 1 N–H and O–H groups in total. The van der Waals surface area contributed by atoms with Gasteiger partial charge in [0.15, 0.2) is 6.10 Å². The number of nitrogens with zero attached hydrogens (tertiary/aromatic N) is 1. The Bertz CT molecular complexity index is 989. The fraction of sp³-hybridized carbons (Fsp3) is 0.375. The molecule has 1 saturated carbocycles. The number of benzene rings is 2. The Hall–Kier alpha value is -2.73. The van der Waals surface area contributed by atoms with Crippen molar-refractivity contribution in [1.29, 1.82) is 0 Å². The maximum absolute atomic E-state index is 12.4.